The predicted octanol–water partition coefficient (Wildman–Crippen LogP) is 2.60. The summed E-state index contributed by atoms with van der Waals surface area (Å²) in [6, 6.07) is 4.67. The number of nitrogens with zero attached hydrogens (tertiary/aromatic N) is 3. The Bertz CT molecular complexity index is 569. The fourth-order valence-corrected chi connectivity index (χ4v) is 1.75. The fraction of sp³-hybridized carbons (Fsp3) is 0.429. The van der Waals surface area contributed by atoms with Gasteiger partial charge >= 0.3 is 0 Å². The van der Waals surface area contributed by atoms with Crippen LogP contribution in [0.3, 0.4) is 0 Å². The first-order chi connectivity index (χ1) is 8.87. The van der Waals surface area contributed by atoms with E-state index in [1.807, 2.05) is 6.92 Å². The number of hydrogen-bond donors (Lipinski definition) is 1. The van der Waals surface area contributed by atoms with Gasteiger partial charge < -0.3 is 5.32 Å². The highest BCUT2D eigenvalue weighted by atomic mass is 19.1. The summed E-state index contributed by atoms with van der Waals surface area (Å²) >= 11 is 0. The smallest absolute Gasteiger partial charge is 0.125 e. The van der Waals surface area contributed by atoms with Crippen LogP contribution >= 0.6 is 0 Å². The van der Waals surface area contributed by atoms with Crippen LogP contribution in [0.5, 0.6) is 0 Å². The van der Waals surface area contributed by atoms with Crippen LogP contribution in [0.25, 0.3) is 5.69 Å². The summed E-state index contributed by atoms with van der Waals surface area (Å²) in [7, 11) is 0. The summed E-state index contributed by atoms with van der Waals surface area (Å²) in [6.45, 7) is 8.83. The fourth-order valence-electron chi connectivity index (χ4n) is 1.75. The molecule has 0 atom stereocenters. The standard InChI is InChI=1S/C14H19FN4/c1-10-5-6-11(15)7-13(10)19-12(9-17-18-19)8-16-14(2,3)4/h5-7,9,16H,8H2,1-4H3. The van der Waals surface area contributed by atoms with E-state index in [0.717, 1.165) is 16.9 Å². The number of rotatable bonds is 3. The maximum atomic E-state index is 13.4. The lowest BCUT2D eigenvalue weighted by molar-refractivity contribution is 0.418. The van der Waals surface area contributed by atoms with Crippen molar-refractivity contribution in [3.05, 3.63) is 41.5 Å². The molecule has 0 radical (unpaired) electrons. The Morgan fingerprint density at radius 3 is 2.74 bits per heavy atom. The Balaban J connectivity index is 2.31. The Kier molecular flexibility index (Phi) is 3.66. The largest absolute Gasteiger partial charge is 0.306 e. The Morgan fingerprint density at radius 2 is 2.05 bits per heavy atom. The van der Waals surface area contributed by atoms with E-state index in [4.69, 9.17) is 0 Å². The third-order valence-electron chi connectivity index (χ3n) is 2.82. The third kappa shape index (κ3) is 3.38. The predicted molar refractivity (Wildman–Crippen MR) is 72.6 cm³/mol. The molecule has 1 aromatic carbocycles. The van der Waals surface area contributed by atoms with Gasteiger partial charge in [-0.25, -0.2) is 9.07 Å². The molecule has 102 valence electrons. The van der Waals surface area contributed by atoms with Gasteiger partial charge in [0.25, 0.3) is 0 Å². The molecule has 0 unspecified atom stereocenters. The van der Waals surface area contributed by atoms with Crippen LogP contribution in [0.2, 0.25) is 0 Å². The summed E-state index contributed by atoms with van der Waals surface area (Å²) < 4.78 is 15.0. The molecule has 1 N–H and O–H groups in total. The lowest BCUT2D eigenvalue weighted by Gasteiger charge is -2.20. The minimum Gasteiger partial charge on any atom is -0.306 e. The highest BCUT2D eigenvalue weighted by Gasteiger charge is 2.13. The van der Waals surface area contributed by atoms with E-state index < -0.39 is 0 Å². The zero-order chi connectivity index (χ0) is 14.0. The van der Waals surface area contributed by atoms with Crippen molar-refractivity contribution in [2.75, 3.05) is 0 Å². The van der Waals surface area contributed by atoms with Crippen molar-refractivity contribution in [1.29, 1.82) is 0 Å². The highest BCUT2D eigenvalue weighted by molar-refractivity contribution is 5.40. The van der Waals surface area contributed by atoms with Crippen molar-refractivity contribution in [1.82, 2.24) is 20.3 Å². The summed E-state index contributed by atoms with van der Waals surface area (Å²) in [5.74, 6) is -0.272. The number of aromatic nitrogens is 3. The number of hydrogen-bond acceptors (Lipinski definition) is 3. The molecule has 19 heavy (non-hydrogen) atoms. The summed E-state index contributed by atoms with van der Waals surface area (Å²) in [6.07, 6.45) is 1.70. The number of aryl methyl sites for hydroxylation is 1. The van der Waals surface area contributed by atoms with Gasteiger partial charge in [0, 0.05) is 12.1 Å². The van der Waals surface area contributed by atoms with E-state index in [1.165, 1.54) is 12.1 Å². The lowest BCUT2D eigenvalue weighted by Crippen LogP contribution is -2.35. The molecular formula is C14H19FN4. The van der Waals surface area contributed by atoms with Gasteiger partial charge in [-0.1, -0.05) is 11.3 Å². The van der Waals surface area contributed by atoms with Crippen LogP contribution in [0.4, 0.5) is 4.39 Å². The quantitative estimate of drug-likeness (QED) is 0.924. The first-order valence-corrected chi connectivity index (χ1v) is 6.28. The van der Waals surface area contributed by atoms with E-state index in [9.17, 15) is 4.39 Å². The molecule has 0 amide bonds. The first-order valence-electron chi connectivity index (χ1n) is 6.28. The van der Waals surface area contributed by atoms with Crippen molar-refractivity contribution in [3.8, 4) is 5.69 Å². The van der Waals surface area contributed by atoms with Crippen LogP contribution in [0.1, 0.15) is 32.0 Å². The molecule has 5 heteroatoms. The van der Waals surface area contributed by atoms with Gasteiger partial charge in [0.05, 0.1) is 17.6 Å². The molecule has 1 heterocycles. The maximum absolute atomic E-state index is 13.4. The molecule has 0 fully saturated rings. The molecule has 0 aliphatic heterocycles. The van der Waals surface area contributed by atoms with E-state index in [0.29, 0.717) is 6.54 Å². The van der Waals surface area contributed by atoms with Crippen LogP contribution in [0, 0.1) is 12.7 Å². The number of halogens is 1. The Morgan fingerprint density at radius 1 is 1.32 bits per heavy atom. The molecule has 2 rings (SSSR count). The molecular weight excluding hydrogens is 243 g/mol. The minimum absolute atomic E-state index is 0.00603. The van der Waals surface area contributed by atoms with Crippen LogP contribution in [-0.4, -0.2) is 20.5 Å². The second-order valence-electron chi connectivity index (χ2n) is 5.67. The van der Waals surface area contributed by atoms with Crippen LogP contribution in [-0.2, 0) is 6.54 Å². The molecule has 0 aliphatic carbocycles. The van der Waals surface area contributed by atoms with Crippen molar-refractivity contribution in [3.63, 3.8) is 0 Å². The van der Waals surface area contributed by atoms with Crippen LogP contribution in [0.15, 0.2) is 24.4 Å². The van der Waals surface area contributed by atoms with Gasteiger partial charge in [0.15, 0.2) is 0 Å². The van der Waals surface area contributed by atoms with E-state index in [2.05, 4.69) is 36.4 Å². The molecule has 1 aromatic heterocycles. The van der Waals surface area contributed by atoms with Gasteiger partial charge in [0.1, 0.15) is 5.82 Å². The Labute approximate surface area is 112 Å². The van der Waals surface area contributed by atoms with Crippen molar-refractivity contribution < 1.29 is 4.39 Å². The molecule has 0 saturated heterocycles. The zero-order valence-corrected chi connectivity index (χ0v) is 11.7. The first kappa shape index (κ1) is 13.7. The monoisotopic (exact) mass is 262 g/mol. The van der Waals surface area contributed by atoms with Crippen molar-refractivity contribution in [2.24, 2.45) is 0 Å². The van der Waals surface area contributed by atoms with Crippen molar-refractivity contribution >= 4 is 0 Å². The molecule has 0 aliphatic rings. The SMILES string of the molecule is Cc1ccc(F)cc1-n1nncc1CNC(C)(C)C. The topological polar surface area (TPSA) is 42.7 Å². The molecule has 2 aromatic rings. The van der Waals surface area contributed by atoms with Gasteiger partial charge in [0.2, 0.25) is 0 Å². The average Bonchev–Trinajstić information content (AvgIpc) is 2.77. The lowest BCUT2D eigenvalue weighted by atomic mass is 10.1. The third-order valence-corrected chi connectivity index (χ3v) is 2.82. The number of nitrogens with one attached hydrogen (secondary N) is 1. The van der Waals surface area contributed by atoms with E-state index in [1.54, 1.807) is 16.9 Å². The van der Waals surface area contributed by atoms with Gasteiger partial charge in [-0.15, -0.1) is 5.10 Å². The van der Waals surface area contributed by atoms with Crippen LogP contribution < -0.4 is 5.32 Å². The maximum Gasteiger partial charge on any atom is 0.125 e. The van der Waals surface area contributed by atoms with Gasteiger partial charge in [-0.05, 0) is 45.4 Å². The summed E-state index contributed by atoms with van der Waals surface area (Å²) in [5.41, 5.74) is 2.60. The second kappa shape index (κ2) is 5.09. The minimum atomic E-state index is -0.272. The average molecular weight is 262 g/mol. The number of benzene rings is 1. The van der Waals surface area contributed by atoms with Gasteiger partial charge in [-0.2, -0.15) is 0 Å². The van der Waals surface area contributed by atoms with Gasteiger partial charge in [-0.3, -0.25) is 0 Å². The molecule has 0 saturated carbocycles. The van der Waals surface area contributed by atoms with E-state index >= 15 is 0 Å². The Hall–Kier alpha value is -1.75. The summed E-state index contributed by atoms with van der Waals surface area (Å²) in [4.78, 5) is 0. The zero-order valence-electron chi connectivity index (χ0n) is 11.7. The normalized spacial score (nSPS) is 11.8. The van der Waals surface area contributed by atoms with E-state index in [-0.39, 0.29) is 11.4 Å². The molecule has 4 nitrogen and oxygen atoms in total. The second-order valence-corrected chi connectivity index (χ2v) is 5.67. The van der Waals surface area contributed by atoms with Crippen molar-refractivity contribution in [2.45, 2.75) is 39.8 Å². The molecule has 0 bridgehead atoms. The molecule has 0 spiro atoms. The summed E-state index contributed by atoms with van der Waals surface area (Å²) in [5, 5.41) is 11.3. The highest BCUT2D eigenvalue weighted by Crippen LogP contribution is 2.16.